The molecule has 0 aromatic carbocycles. The lowest BCUT2D eigenvalue weighted by atomic mass is 10.4. The molecule has 0 aliphatic carbocycles. The Morgan fingerprint density at radius 3 is 2.75 bits per heavy atom. The van der Waals surface area contributed by atoms with Gasteiger partial charge in [-0.1, -0.05) is 0 Å². The first-order chi connectivity index (χ1) is 3.79. The summed E-state index contributed by atoms with van der Waals surface area (Å²) in [7, 11) is 0. The number of thiol groups is 1. The van der Waals surface area contributed by atoms with Gasteiger partial charge in [0.1, 0.15) is 0 Å². The summed E-state index contributed by atoms with van der Waals surface area (Å²) in [5.41, 5.74) is 0.762. The molecule has 0 unspecified atom stereocenters. The molecular weight excluding hydrogens is 118 g/mol. The van der Waals surface area contributed by atoms with Crippen molar-refractivity contribution in [2.45, 2.75) is 4.90 Å². The third kappa shape index (κ3) is 1.23. The molecule has 8 heavy (non-hydrogen) atoms. The first-order valence-corrected chi connectivity index (χ1v) is 2.71. The number of hydrogen-bond donors (Lipinski definition) is 1. The van der Waals surface area contributed by atoms with Crippen LogP contribution in [0.2, 0.25) is 0 Å². The predicted octanol–water partition coefficient (Wildman–Crippen LogP) is 1.55. The van der Waals surface area contributed by atoms with E-state index in [1.165, 1.54) is 0 Å². The number of rotatable bonds is 0. The van der Waals surface area contributed by atoms with Crippen LogP contribution in [-0.4, -0.2) is 4.98 Å². The second-order valence-electron chi connectivity index (χ2n) is 1.51. The van der Waals surface area contributed by atoms with Gasteiger partial charge in [0.25, 0.3) is 0 Å². The van der Waals surface area contributed by atoms with Gasteiger partial charge < -0.3 is 0 Å². The van der Waals surface area contributed by atoms with Gasteiger partial charge in [-0.25, -0.2) is 0 Å². The minimum atomic E-state index is 0.762. The molecule has 0 N–H and O–H groups in total. The van der Waals surface area contributed by atoms with Crippen LogP contribution in [0.4, 0.5) is 0 Å². The molecule has 1 nitrogen and oxygen atoms in total. The number of hydrogen-bond acceptors (Lipinski definition) is 2. The Balaban J connectivity index is 3.08. The van der Waals surface area contributed by atoms with Gasteiger partial charge in [-0.2, -0.15) is 0 Å². The molecule has 1 aromatic rings. The van der Waals surface area contributed by atoms with Crippen molar-refractivity contribution in [1.29, 1.82) is 0 Å². The highest BCUT2D eigenvalue weighted by Crippen LogP contribution is 2.03. The van der Waals surface area contributed by atoms with Gasteiger partial charge in [0, 0.05) is 16.8 Å². The van der Waals surface area contributed by atoms with Crippen molar-refractivity contribution in [1.82, 2.24) is 4.98 Å². The summed E-state index contributed by atoms with van der Waals surface area (Å²) < 4.78 is 0. The average molecular weight is 124 g/mol. The van der Waals surface area contributed by atoms with Crippen molar-refractivity contribution in [3.8, 4) is 0 Å². The molecule has 0 saturated carbocycles. The molecule has 1 aromatic heterocycles. The maximum absolute atomic E-state index is 4.07. The Hall–Kier alpha value is -0.500. The SMILES string of the molecule is [CH2]c1cc(S)ccn1. The van der Waals surface area contributed by atoms with Crippen molar-refractivity contribution in [3.05, 3.63) is 30.9 Å². The highest BCUT2D eigenvalue weighted by Gasteiger charge is 1.83. The zero-order valence-electron chi connectivity index (χ0n) is 4.33. The van der Waals surface area contributed by atoms with Crippen molar-refractivity contribution in [2.75, 3.05) is 0 Å². The van der Waals surface area contributed by atoms with Gasteiger partial charge in [0.2, 0.25) is 0 Å². The zero-order chi connectivity index (χ0) is 5.98. The standard InChI is InChI=1S/C6H6NS/c1-5-4-6(8)2-3-7-5/h2-4H,1H2,(H,7,8). The van der Waals surface area contributed by atoms with E-state index in [0.29, 0.717) is 0 Å². The van der Waals surface area contributed by atoms with Crippen LogP contribution in [0.25, 0.3) is 0 Å². The van der Waals surface area contributed by atoms with Crippen molar-refractivity contribution >= 4 is 12.6 Å². The van der Waals surface area contributed by atoms with E-state index in [9.17, 15) is 0 Å². The summed E-state index contributed by atoms with van der Waals surface area (Å²) in [6, 6.07) is 3.63. The van der Waals surface area contributed by atoms with Gasteiger partial charge in [0.15, 0.2) is 0 Å². The molecule has 0 amide bonds. The highest BCUT2D eigenvalue weighted by atomic mass is 32.1. The summed E-state index contributed by atoms with van der Waals surface area (Å²) >= 11 is 4.07. The maximum atomic E-state index is 4.07. The number of nitrogens with zero attached hydrogens (tertiary/aromatic N) is 1. The summed E-state index contributed by atoms with van der Waals surface area (Å²) in [5, 5.41) is 0. The molecule has 0 atom stereocenters. The van der Waals surface area contributed by atoms with Crippen molar-refractivity contribution in [3.63, 3.8) is 0 Å². The van der Waals surface area contributed by atoms with E-state index < -0.39 is 0 Å². The fourth-order valence-electron chi connectivity index (χ4n) is 0.465. The molecule has 0 bridgehead atoms. The Kier molecular flexibility index (Phi) is 1.53. The topological polar surface area (TPSA) is 12.9 Å². The van der Waals surface area contributed by atoms with E-state index in [2.05, 4.69) is 24.5 Å². The molecule has 0 spiro atoms. The maximum Gasteiger partial charge on any atom is 0.0418 e. The number of aromatic nitrogens is 1. The summed E-state index contributed by atoms with van der Waals surface area (Å²) in [6.45, 7) is 3.62. The smallest absolute Gasteiger partial charge is 0.0418 e. The third-order valence-corrected chi connectivity index (χ3v) is 1.08. The van der Waals surface area contributed by atoms with Gasteiger partial charge in [-0.15, -0.1) is 12.6 Å². The van der Waals surface area contributed by atoms with Crippen molar-refractivity contribution < 1.29 is 0 Å². The molecule has 1 heterocycles. The fraction of sp³-hybridized carbons (Fsp3) is 0. The molecule has 0 saturated heterocycles. The predicted molar refractivity (Wildman–Crippen MR) is 35.9 cm³/mol. The largest absolute Gasteiger partial charge is 0.261 e. The molecule has 2 heteroatoms. The van der Waals surface area contributed by atoms with Crippen LogP contribution >= 0.6 is 12.6 Å². The zero-order valence-corrected chi connectivity index (χ0v) is 5.23. The summed E-state index contributed by atoms with van der Waals surface area (Å²) in [4.78, 5) is 4.79. The van der Waals surface area contributed by atoms with Crippen LogP contribution in [-0.2, 0) is 0 Å². The Bertz CT molecular complexity index is 168. The van der Waals surface area contributed by atoms with Crippen LogP contribution in [0, 0.1) is 6.92 Å². The lowest BCUT2D eigenvalue weighted by molar-refractivity contribution is 1.22. The van der Waals surface area contributed by atoms with E-state index in [1.807, 2.05) is 12.1 Å². The monoisotopic (exact) mass is 124 g/mol. The fourth-order valence-corrected chi connectivity index (χ4v) is 0.681. The average Bonchev–Trinajstić information content (AvgIpc) is 1.64. The second-order valence-corrected chi connectivity index (χ2v) is 2.02. The molecule has 1 radical (unpaired) electrons. The number of pyridine rings is 1. The third-order valence-electron chi connectivity index (χ3n) is 0.800. The molecule has 0 aliphatic heterocycles. The minimum Gasteiger partial charge on any atom is -0.261 e. The van der Waals surface area contributed by atoms with Crippen LogP contribution < -0.4 is 0 Å². The van der Waals surface area contributed by atoms with Gasteiger partial charge >= 0.3 is 0 Å². The van der Waals surface area contributed by atoms with Gasteiger partial charge in [0.05, 0.1) is 0 Å². The lowest BCUT2D eigenvalue weighted by Crippen LogP contribution is -1.76. The lowest BCUT2D eigenvalue weighted by Gasteiger charge is -1.89. The normalized spacial score (nSPS) is 9.25. The van der Waals surface area contributed by atoms with Gasteiger partial charge in [-0.05, 0) is 19.1 Å². The molecule has 0 aliphatic rings. The van der Waals surface area contributed by atoms with Gasteiger partial charge in [-0.3, -0.25) is 4.98 Å². The van der Waals surface area contributed by atoms with Crippen LogP contribution in [0.1, 0.15) is 5.69 Å². The summed E-state index contributed by atoms with van der Waals surface area (Å²) in [6.07, 6.45) is 1.69. The minimum absolute atomic E-state index is 0.762. The van der Waals surface area contributed by atoms with E-state index in [1.54, 1.807) is 6.20 Å². The van der Waals surface area contributed by atoms with E-state index in [4.69, 9.17) is 0 Å². The molecule has 41 valence electrons. The Morgan fingerprint density at radius 2 is 2.38 bits per heavy atom. The van der Waals surface area contributed by atoms with Crippen LogP contribution in [0.3, 0.4) is 0 Å². The van der Waals surface area contributed by atoms with Crippen LogP contribution in [0.5, 0.6) is 0 Å². The molecule has 1 rings (SSSR count). The molecule has 0 fully saturated rings. The quantitative estimate of drug-likeness (QED) is 0.518. The first kappa shape index (κ1) is 5.63. The highest BCUT2D eigenvalue weighted by molar-refractivity contribution is 7.80. The molecular formula is C6H6NS. The van der Waals surface area contributed by atoms with E-state index >= 15 is 0 Å². The van der Waals surface area contributed by atoms with Crippen molar-refractivity contribution in [2.24, 2.45) is 0 Å². The Morgan fingerprint density at radius 1 is 1.62 bits per heavy atom. The van der Waals surface area contributed by atoms with E-state index in [0.717, 1.165) is 10.6 Å². The summed E-state index contributed by atoms with van der Waals surface area (Å²) in [5.74, 6) is 0. The first-order valence-electron chi connectivity index (χ1n) is 2.26. The van der Waals surface area contributed by atoms with Crippen LogP contribution in [0.15, 0.2) is 23.2 Å². The second kappa shape index (κ2) is 2.18. The Labute approximate surface area is 54.2 Å². The van der Waals surface area contributed by atoms with E-state index in [-0.39, 0.29) is 0 Å².